The zero-order chi connectivity index (χ0) is 45.6. The lowest BCUT2D eigenvalue weighted by Crippen LogP contribution is -2.46. The Hall–Kier alpha value is -6.20. The van der Waals surface area contributed by atoms with E-state index >= 15 is 0 Å². The van der Waals surface area contributed by atoms with Gasteiger partial charge in [-0.2, -0.15) is 0 Å². The van der Waals surface area contributed by atoms with Crippen molar-refractivity contribution in [2.75, 3.05) is 61.6 Å². The number of nitro benzene ring substituents is 1. The molecule has 15 nitrogen and oxygen atoms in total. The van der Waals surface area contributed by atoms with Crippen molar-refractivity contribution < 1.29 is 37.1 Å². The summed E-state index contributed by atoms with van der Waals surface area (Å²) in [5.41, 5.74) is 3.67. The van der Waals surface area contributed by atoms with Crippen LogP contribution in [0.3, 0.4) is 0 Å². The lowest BCUT2D eigenvalue weighted by Gasteiger charge is -2.36. The minimum absolute atomic E-state index is 0.0273. The molecule has 17 heteroatoms. The molecule has 2 saturated heterocycles. The van der Waals surface area contributed by atoms with Crippen molar-refractivity contribution in [3.05, 3.63) is 135 Å². The van der Waals surface area contributed by atoms with Gasteiger partial charge in [-0.3, -0.25) is 25.1 Å². The number of rotatable bonds is 13. The highest BCUT2D eigenvalue weighted by atomic mass is 35.5. The van der Waals surface area contributed by atoms with Crippen LogP contribution in [0.15, 0.2) is 114 Å². The van der Waals surface area contributed by atoms with Gasteiger partial charge >= 0.3 is 6.09 Å². The molecule has 5 aromatic carbocycles. The van der Waals surface area contributed by atoms with E-state index in [1.807, 2.05) is 36.4 Å². The zero-order valence-corrected chi connectivity index (χ0v) is 37.7. The molecular formula is C47H51ClN6O9S. The first-order valence-electron chi connectivity index (χ1n) is 20.9. The van der Waals surface area contributed by atoms with E-state index in [0.717, 1.165) is 42.5 Å². The zero-order valence-electron chi connectivity index (χ0n) is 36.1. The third kappa shape index (κ3) is 11.5. The lowest BCUT2D eigenvalue weighted by atomic mass is 9.99. The molecule has 64 heavy (non-hydrogen) atoms. The number of ether oxygens (including phenoxy) is 3. The highest BCUT2D eigenvalue weighted by Gasteiger charge is 2.30. The molecule has 0 atom stereocenters. The Morgan fingerprint density at radius 1 is 0.906 bits per heavy atom. The van der Waals surface area contributed by atoms with Gasteiger partial charge in [0.1, 0.15) is 22.8 Å². The van der Waals surface area contributed by atoms with Crippen molar-refractivity contribution in [2.45, 2.75) is 56.7 Å². The summed E-state index contributed by atoms with van der Waals surface area (Å²) in [5.74, 6) is -0.635. The number of amides is 2. The number of carbonyl (C=O) groups is 2. The maximum absolute atomic E-state index is 14.0. The molecule has 336 valence electrons. The van der Waals surface area contributed by atoms with E-state index in [2.05, 4.69) is 32.0 Å². The Morgan fingerprint density at radius 3 is 2.27 bits per heavy atom. The topological polar surface area (TPSA) is 173 Å². The molecule has 2 aliphatic rings. The smallest absolute Gasteiger partial charge is 0.412 e. The van der Waals surface area contributed by atoms with Gasteiger partial charge in [-0.25, -0.2) is 17.9 Å². The van der Waals surface area contributed by atoms with E-state index in [4.69, 9.17) is 25.8 Å². The van der Waals surface area contributed by atoms with Crippen LogP contribution in [-0.2, 0) is 26.0 Å². The second-order valence-electron chi connectivity index (χ2n) is 16.7. The molecule has 0 spiro atoms. The van der Waals surface area contributed by atoms with Crippen molar-refractivity contribution in [2.24, 2.45) is 0 Å². The Morgan fingerprint density at radius 2 is 1.59 bits per heavy atom. The van der Waals surface area contributed by atoms with Gasteiger partial charge in [-0.1, -0.05) is 48.0 Å². The van der Waals surface area contributed by atoms with Crippen LogP contribution in [0.1, 0.15) is 49.5 Å². The van der Waals surface area contributed by atoms with Gasteiger partial charge < -0.3 is 24.0 Å². The van der Waals surface area contributed by atoms with Crippen LogP contribution in [0, 0.1) is 10.1 Å². The third-order valence-corrected chi connectivity index (χ3v) is 12.6. The average Bonchev–Trinajstić information content (AvgIpc) is 3.27. The Bertz CT molecular complexity index is 2590. The van der Waals surface area contributed by atoms with E-state index < -0.39 is 43.1 Å². The number of nitro groups is 1. The van der Waals surface area contributed by atoms with Crippen molar-refractivity contribution in [3.63, 3.8) is 0 Å². The molecule has 0 bridgehead atoms. The fraction of sp³-hybridized carbons (Fsp3) is 0.319. The van der Waals surface area contributed by atoms with Gasteiger partial charge in [-0.15, -0.1) is 0 Å². The second kappa shape index (κ2) is 19.7. The molecule has 5 aromatic rings. The molecule has 2 N–H and O–H groups in total. The molecule has 0 saturated carbocycles. The maximum atomic E-state index is 14.0. The first-order chi connectivity index (χ1) is 30.5. The van der Waals surface area contributed by atoms with Crippen molar-refractivity contribution >= 4 is 56.4 Å². The summed E-state index contributed by atoms with van der Waals surface area (Å²) >= 11 is 6.16. The number of sulfonamides is 1. The highest BCUT2D eigenvalue weighted by molar-refractivity contribution is 7.90. The minimum atomic E-state index is -4.61. The van der Waals surface area contributed by atoms with Crippen LogP contribution in [0.4, 0.5) is 27.5 Å². The standard InChI is InChI=1S/C47H51ClN6O9S/c1-47(2,3)63-46(56)49-35-13-16-38(17-14-35)62-44-29-37(53-25-23-52(24-26-53)31-33-7-5-6-8-40(33)32-9-11-34(48)12-10-32)15-19-41(44)45(55)50-64(59,60)39-18-20-42(43(30-39)54(57)58)51(4)36-21-27-61-28-22-36/h5-20,29-30,36H,21-28,31H2,1-4H3,(H,49,56)(H,50,55). The molecule has 2 amide bonds. The molecule has 2 aliphatic heterocycles. The Labute approximate surface area is 378 Å². The minimum Gasteiger partial charge on any atom is -0.456 e. The predicted octanol–water partition coefficient (Wildman–Crippen LogP) is 9.11. The fourth-order valence-corrected chi connectivity index (χ4v) is 8.84. The molecule has 0 aliphatic carbocycles. The monoisotopic (exact) mass is 910 g/mol. The predicted molar refractivity (Wildman–Crippen MR) is 247 cm³/mol. The lowest BCUT2D eigenvalue weighted by molar-refractivity contribution is -0.384. The number of anilines is 3. The summed E-state index contributed by atoms with van der Waals surface area (Å²) in [6.45, 7) is 9.85. The molecule has 0 radical (unpaired) electrons. The maximum Gasteiger partial charge on any atom is 0.412 e. The summed E-state index contributed by atoms with van der Waals surface area (Å²) < 4.78 is 46.7. The molecule has 7 rings (SSSR count). The molecule has 2 fully saturated rings. The van der Waals surface area contributed by atoms with Crippen molar-refractivity contribution in [1.82, 2.24) is 9.62 Å². The first kappa shape index (κ1) is 45.8. The van der Waals surface area contributed by atoms with Crippen LogP contribution in [0.5, 0.6) is 11.5 Å². The summed E-state index contributed by atoms with van der Waals surface area (Å²) in [7, 11) is -2.88. The van der Waals surface area contributed by atoms with Gasteiger partial charge in [0.05, 0.1) is 15.4 Å². The van der Waals surface area contributed by atoms with E-state index in [1.165, 1.54) is 23.8 Å². The number of nitrogens with one attached hydrogen (secondary N) is 2. The van der Waals surface area contributed by atoms with Crippen LogP contribution in [-0.4, -0.2) is 88.3 Å². The largest absolute Gasteiger partial charge is 0.456 e. The number of benzene rings is 5. The van der Waals surface area contributed by atoms with Gasteiger partial charge in [0.25, 0.3) is 21.6 Å². The van der Waals surface area contributed by atoms with Crippen LogP contribution >= 0.6 is 11.6 Å². The van der Waals surface area contributed by atoms with Gasteiger partial charge in [0.15, 0.2) is 0 Å². The average molecular weight is 911 g/mol. The molecule has 0 aromatic heterocycles. The summed E-state index contributed by atoms with van der Waals surface area (Å²) in [4.78, 5) is 43.8. The number of nitrogens with zero attached hydrogens (tertiary/aromatic N) is 4. The summed E-state index contributed by atoms with van der Waals surface area (Å²) in [6.07, 6.45) is 0.695. The Balaban J connectivity index is 1.11. The molecule has 2 heterocycles. The second-order valence-corrected chi connectivity index (χ2v) is 18.8. The number of hydrogen-bond donors (Lipinski definition) is 2. The first-order valence-corrected chi connectivity index (χ1v) is 22.8. The van der Waals surface area contributed by atoms with Crippen LogP contribution in [0.25, 0.3) is 11.1 Å². The number of carbonyl (C=O) groups excluding carboxylic acids is 2. The van der Waals surface area contributed by atoms with E-state index in [0.29, 0.717) is 55.6 Å². The normalized spacial score (nSPS) is 15.0. The van der Waals surface area contributed by atoms with Crippen molar-refractivity contribution in [1.29, 1.82) is 0 Å². The number of halogens is 1. The quantitative estimate of drug-likeness (QED) is 0.0849. The molecular weight excluding hydrogens is 860 g/mol. The number of hydrogen-bond acceptors (Lipinski definition) is 12. The number of piperazine rings is 1. The van der Waals surface area contributed by atoms with Crippen LogP contribution < -0.4 is 24.6 Å². The highest BCUT2D eigenvalue weighted by Crippen LogP contribution is 2.35. The Kier molecular flexibility index (Phi) is 14.1. The van der Waals surface area contributed by atoms with Gasteiger partial charge in [0.2, 0.25) is 0 Å². The van der Waals surface area contributed by atoms with Crippen LogP contribution in [0.2, 0.25) is 5.02 Å². The third-order valence-electron chi connectivity index (χ3n) is 11.0. The summed E-state index contributed by atoms with van der Waals surface area (Å²) in [6, 6.07) is 31.0. The SMILES string of the molecule is CN(c1ccc(S(=O)(=O)NC(=O)c2ccc(N3CCN(Cc4ccccc4-c4ccc(Cl)cc4)CC3)cc2Oc2ccc(NC(=O)OC(C)(C)C)cc2)cc1[N+](=O)[O-])C1CCOCC1. The van der Waals surface area contributed by atoms with Gasteiger partial charge in [-0.05, 0) is 111 Å². The van der Waals surface area contributed by atoms with Crippen molar-refractivity contribution in [3.8, 4) is 22.6 Å². The van der Waals surface area contributed by atoms with Gasteiger partial charge in [0, 0.05) is 87.6 Å². The molecule has 0 unspecified atom stereocenters. The van der Waals surface area contributed by atoms with E-state index in [-0.39, 0.29) is 23.0 Å². The van der Waals surface area contributed by atoms with E-state index in [1.54, 1.807) is 69.1 Å². The fourth-order valence-electron chi connectivity index (χ4n) is 7.73. The van der Waals surface area contributed by atoms with E-state index in [9.17, 15) is 28.1 Å². The summed E-state index contributed by atoms with van der Waals surface area (Å²) in [5, 5.41) is 15.6.